The van der Waals surface area contributed by atoms with Crippen LogP contribution in [0.1, 0.15) is 30.3 Å². The summed E-state index contributed by atoms with van der Waals surface area (Å²) in [4.78, 5) is 19.3. The number of hydrogen-bond donors (Lipinski definition) is 1. The molecule has 6 nitrogen and oxygen atoms in total. The van der Waals surface area contributed by atoms with Gasteiger partial charge in [0.1, 0.15) is 12.2 Å². The summed E-state index contributed by atoms with van der Waals surface area (Å²) in [6, 6.07) is 10.2. The van der Waals surface area contributed by atoms with Crippen LogP contribution in [0.3, 0.4) is 0 Å². The Kier molecular flexibility index (Phi) is 3.46. The van der Waals surface area contributed by atoms with Gasteiger partial charge in [0, 0.05) is 19.2 Å². The first-order valence-electron chi connectivity index (χ1n) is 7.91. The number of fused-ring (bicyclic) bond motifs is 1. The second kappa shape index (κ2) is 5.62. The summed E-state index contributed by atoms with van der Waals surface area (Å²) in [6.07, 6.45) is 3.70. The molecule has 0 saturated carbocycles. The number of likely N-dealkylation sites (tertiary alicyclic amines) is 1. The summed E-state index contributed by atoms with van der Waals surface area (Å²) < 4.78 is 1.74. The molecule has 23 heavy (non-hydrogen) atoms. The van der Waals surface area contributed by atoms with E-state index in [9.17, 15) is 4.79 Å². The number of rotatable bonds is 3. The van der Waals surface area contributed by atoms with Crippen LogP contribution in [0.25, 0.3) is 10.9 Å². The van der Waals surface area contributed by atoms with Gasteiger partial charge in [0.05, 0.1) is 11.6 Å². The van der Waals surface area contributed by atoms with Crippen molar-refractivity contribution >= 4 is 10.9 Å². The molecule has 3 aromatic rings. The first-order chi connectivity index (χ1) is 11.2. The molecule has 1 aliphatic heterocycles. The lowest BCUT2D eigenvalue weighted by atomic mass is 10.1. The monoisotopic (exact) mass is 309 g/mol. The molecule has 0 radical (unpaired) electrons. The molecule has 3 heterocycles. The van der Waals surface area contributed by atoms with Crippen LogP contribution in [0.2, 0.25) is 0 Å². The van der Waals surface area contributed by atoms with E-state index in [0.717, 1.165) is 41.7 Å². The van der Waals surface area contributed by atoms with Gasteiger partial charge in [-0.05, 0) is 36.9 Å². The van der Waals surface area contributed by atoms with E-state index in [4.69, 9.17) is 0 Å². The molecule has 4 rings (SSSR count). The Morgan fingerprint density at radius 2 is 2.22 bits per heavy atom. The summed E-state index contributed by atoms with van der Waals surface area (Å²) in [5.41, 5.74) is 1.87. The molecular formula is C17H19N5O. The number of aromatic amines is 1. The molecule has 0 amide bonds. The van der Waals surface area contributed by atoms with Gasteiger partial charge >= 0.3 is 0 Å². The Labute approximate surface area is 133 Å². The molecule has 1 fully saturated rings. The third-order valence-corrected chi connectivity index (χ3v) is 4.69. The molecule has 1 N–H and O–H groups in total. The van der Waals surface area contributed by atoms with Crippen molar-refractivity contribution in [2.75, 3.05) is 6.54 Å². The van der Waals surface area contributed by atoms with Gasteiger partial charge in [0.15, 0.2) is 0 Å². The fourth-order valence-corrected chi connectivity index (χ4v) is 3.52. The number of aryl methyl sites for hydroxylation is 1. The highest BCUT2D eigenvalue weighted by Gasteiger charge is 2.28. The quantitative estimate of drug-likeness (QED) is 0.803. The molecule has 1 aliphatic rings. The van der Waals surface area contributed by atoms with Crippen LogP contribution in [-0.2, 0) is 13.6 Å². The van der Waals surface area contributed by atoms with E-state index < -0.39 is 0 Å². The number of para-hydroxylation sites is 1. The van der Waals surface area contributed by atoms with Crippen LogP contribution in [0.4, 0.5) is 0 Å². The SMILES string of the molecule is Cn1c(=O)c(CN2CCC[C@H]2c2ncn[nH]2)cc2ccccc21. The summed E-state index contributed by atoms with van der Waals surface area (Å²) in [5, 5.41) is 8.01. The second-order valence-corrected chi connectivity index (χ2v) is 6.09. The summed E-state index contributed by atoms with van der Waals surface area (Å²) >= 11 is 0. The molecule has 0 unspecified atom stereocenters. The van der Waals surface area contributed by atoms with Crippen molar-refractivity contribution in [1.82, 2.24) is 24.6 Å². The number of benzene rings is 1. The topological polar surface area (TPSA) is 66.8 Å². The highest BCUT2D eigenvalue weighted by molar-refractivity contribution is 5.79. The fraction of sp³-hybridized carbons (Fsp3) is 0.353. The largest absolute Gasteiger partial charge is 0.311 e. The Morgan fingerprint density at radius 3 is 3.04 bits per heavy atom. The third kappa shape index (κ3) is 2.45. The first-order valence-corrected chi connectivity index (χ1v) is 7.91. The normalized spacial score (nSPS) is 18.7. The smallest absolute Gasteiger partial charge is 0.255 e. The second-order valence-electron chi connectivity index (χ2n) is 6.09. The number of nitrogens with one attached hydrogen (secondary N) is 1. The van der Waals surface area contributed by atoms with E-state index in [2.05, 4.69) is 26.1 Å². The van der Waals surface area contributed by atoms with Gasteiger partial charge in [-0.25, -0.2) is 4.98 Å². The fourth-order valence-electron chi connectivity index (χ4n) is 3.52. The highest BCUT2D eigenvalue weighted by Crippen LogP contribution is 2.30. The molecule has 1 saturated heterocycles. The third-order valence-electron chi connectivity index (χ3n) is 4.69. The lowest BCUT2D eigenvalue weighted by Gasteiger charge is -2.22. The summed E-state index contributed by atoms with van der Waals surface area (Å²) in [6.45, 7) is 1.62. The van der Waals surface area contributed by atoms with Gasteiger partial charge in [-0.1, -0.05) is 18.2 Å². The van der Waals surface area contributed by atoms with Crippen molar-refractivity contribution in [3.63, 3.8) is 0 Å². The summed E-state index contributed by atoms with van der Waals surface area (Å²) in [5.74, 6) is 0.889. The van der Waals surface area contributed by atoms with Gasteiger partial charge < -0.3 is 4.57 Å². The van der Waals surface area contributed by atoms with Crippen molar-refractivity contribution in [2.24, 2.45) is 7.05 Å². The van der Waals surface area contributed by atoms with Gasteiger partial charge in [0.2, 0.25) is 0 Å². The molecule has 6 heteroatoms. The predicted molar refractivity (Wildman–Crippen MR) is 88.0 cm³/mol. The lowest BCUT2D eigenvalue weighted by molar-refractivity contribution is 0.239. The van der Waals surface area contributed by atoms with Crippen molar-refractivity contribution < 1.29 is 0 Å². The van der Waals surface area contributed by atoms with Crippen molar-refractivity contribution in [1.29, 1.82) is 0 Å². The minimum absolute atomic E-state index is 0.0759. The van der Waals surface area contributed by atoms with Crippen LogP contribution in [-0.4, -0.2) is 31.2 Å². The molecule has 118 valence electrons. The average molecular weight is 309 g/mol. The molecule has 0 spiro atoms. The molecule has 0 bridgehead atoms. The van der Waals surface area contributed by atoms with E-state index in [0.29, 0.717) is 6.54 Å². The van der Waals surface area contributed by atoms with Crippen LogP contribution >= 0.6 is 0 Å². The van der Waals surface area contributed by atoms with Crippen LogP contribution in [0.5, 0.6) is 0 Å². The maximum Gasteiger partial charge on any atom is 0.255 e. The average Bonchev–Trinajstić information content (AvgIpc) is 3.23. The van der Waals surface area contributed by atoms with Crippen LogP contribution in [0, 0.1) is 0 Å². The number of hydrogen-bond acceptors (Lipinski definition) is 4. The van der Waals surface area contributed by atoms with Gasteiger partial charge in [-0.3, -0.25) is 14.8 Å². The zero-order chi connectivity index (χ0) is 15.8. The number of H-pyrrole nitrogens is 1. The van der Waals surface area contributed by atoms with E-state index in [1.54, 1.807) is 10.9 Å². The number of nitrogens with zero attached hydrogens (tertiary/aromatic N) is 4. The molecule has 1 atom stereocenters. The van der Waals surface area contributed by atoms with Crippen LogP contribution < -0.4 is 5.56 Å². The van der Waals surface area contributed by atoms with E-state index >= 15 is 0 Å². The molecule has 1 aromatic carbocycles. The first kappa shape index (κ1) is 14.1. The van der Waals surface area contributed by atoms with Crippen LogP contribution in [0.15, 0.2) is 41.5 Å². The predicted octanol–water partition coefficient (Wildman–Crippen LogP) is 1.99. The van der Waals surface area contributed by atoms with E-state index in [1.807, 2.05) is 31.3 Å². The molecular weight excluding hydrogens is 290 g/mol. The molecule has 0 aliphatic carbocycles. The Morgan fingerprint density at radius 1 is 1.35 bits per heavy atom. The minimum atomic E-state index is 0.0759. The highest BCUT2D eigenvalue weighted by atomic mass is 16.1. The standard InChI is InChI=1S/C17H19N5O/c1-21-14-6-3-2-5-12(14)9-13(17(21)23)10-22-8-4-7-15(22)16-18-11-19-20-16/h2-3,5-6,9,11,15H,4,7-8,10H2,1H3,(H,18,19,20)/t15-/m0/s1. The number of aromatic nitrogens is 4. The number of pyridine rings is 1. The van der Waals surface area contributed by atoms with Gasteiger partial charge in [-0.2, -0.15) is 5.10 Å². The Hall–Kier alpha value is -2.47. The molecule has 2 aromatic heterocycles. The van der Waals surface area contributed by atoms with E-state index in [1.165, 1.54) is 0 Å². The van der Waals surface area contributed by atoms with E-state index in [-0.39, 0.29) is 11.6 Å². The summed E-state index contributed by atoms with van der Waals surface area (Å²) in [7, 11) is 1.84. The van der Waals surface area contributed by atoms with Gasteiger partial charge in [0.25, 0.3) is 5.56 Å². The zero-order valence-electron chi connectivity index (χ0n) is 13.1. The minimum Gasteiger partial charge on any atom is -0.311 e. The van der Waals surface area contributed by atoms with Crippen molar-refractivity contribution in [2.45, 2.75) is 25.4 Å². The zero-order valence-corrected chi connectivity index (χ0v) is 13.1. The Bertz CT molecular complexity index is 884. The lowest BCUT2D eigenvalue weighted by Crippen LogP contribution is -2.29. The Balaban J connectivity index is 1.70. The maximum absolute atomic E-state index is 12.7. The van der Waals surface area contributed by atoms with Crippen molar-refractivity contribution in [3.05, 3.63) is 58.4 Å². The maximum atomic E-state index is 12.7. The van der Waals surface area contributed by atoms with Crippen molar-refractivity contribution in [3.8, 4) is 0 Å². The van der Waals surface area contributed by atoms with Gasteiger partial charge in [-0.15, -0.1) is 0 Å².